The number of fused-ring (bicyclic) bond motifs is 1. The molecule has 2 saturated heterocycles. The van der Waals surface area contributed by atoms with E-state index in [2.05, 4.69) is 11.0 Å². The lowest BCUT2D eigenvalue weighted by atomic mass is 9.94. The van der Waals surface area contributed by atoms with Gasteiger partial charge in [0.1, 0.15) is 5.01 Å². The average Bonchev–Trinajstić information content (AvgIpc) is 3.28. The van der Waals surface area contributed by atoms with E-state index >= 15 is 0 Å². The maximum absolute atomic E-state index is 13.2. The minimum absolute atomic E-state index is 0.0585. The topological polar surface area (TPSA) is 53.5 Å². The van der Waals surface area contributed by atoms with Crippen LogP contribution in [0.5, 0.6) is 0 Å². The van der Waals surface area contributed by atoms with E-state index in [4.69, 9.17) is 4.98 Å². The first-order valence-electron chi connectivity index (χ1n) is 10.2. The Bertz CT molecular complexity index is 834. The maximum atomic E-state index is 13.2. The second-order valence-electron chi connectivity index (χ2n) is 8.08. The molecule has 1 saturated carbocycles. The van der Waals surface area contributed by atoms with Crippen molar-refractivity contribution in [2.24, 2.45) is 11.8 Å². The number of carbonyl (C=O) groups is 2. The molecule has 1 aromatic heterocycles. The van der Waals surface area contributed by atoms with E-state index in [0.717, 1.165) is 68.7 Å². The molecule has 2 amide bonds. The molecular formula is C21H25N3O2S. The molecule has 3 aliphatic rings. The van der Waals surface area contributed by atoms with Gasteiger partial charge in [0.15, 0.2) is 0 Å². The van der Waals surface area contributed by atoms with Crippen LogP contribution in [0.2, 0.25) is 0 Å². The summed E-state index contributed by atoms with van der Waals surface area (Å²) in [6.07, 6.45) is 5.77. The van der Waals surface area contributed by atoms with Gasteiger partial charge in [-0.15, -0.1) is 11.3 Å². The molecule has 1 atom stereocenters. The van der Waals surface area contributed by atoms with Crippen molar-refractivity contribution in [1.82, 2.24) is 14.8 Å². The van der Waals surface area contributed by atoms with Crippen molar-refractivity contribution in [2.45, 2.75) is 44.6 Å². The molecule has 3 fully saturated rings. The molecule has 0 N–H and O–H groups in total. The van der Waals surface area contributed by atoms with Gasteiger partial charge in [0.25, 0.3) is 0 Å². The van der Waals surface area contributed by atoms with E-state index in [1.165, 1.54) is 4.70 Å². The molecule has 1 aliphatic carbocycles. The number of hydrogen-bond donors (Lipinski definition) is 0. The molecule has 0 spiro atoms. The Morgan fingerprint density at radius 1 is 0.926 bits per heavy atom. The van der Waals surface area contributed by atoms with E-state index in [1.807, 2.05) is 23.1 Å². The van der Waals surface area contributed by atoms with Crippen molar-refractivity contribution in [3.63, 3.8) is 0 Å². The first kappa shape index (κ1) is 17.2. The summed E-state index contributed by atoms with van der Waals surface area (Å²) in [7, 11) is 0. The number of nitrogens with zero attached hydrogens (tertiary/aromatic N) is 3. The van der Waals surface area contributed by atoms with Gasteiger partial charge in [-0.2, -0.15) is 0 Å². The van der Waals surface area contributed by atoms with Crippen molar-refractivity contribution in [3.8, 4) is 0 Å². The third-order valence-corrected chi connectivity index (χ3v) is 7.35. The SMILES string of the molecule is O=C(C1CC1)N1CCC(C(=O)N2CCCC2c2nc3ccccc3s2)CC1. The number of benzene rings is 1. The van der Waals surface area contributed by atoms with Gasteiger partial charge >= 0.3 is 0 Å². The van der Waals surface area contributed by atoms with Crippen molar-refractivity contribution in [3.05, 3.63) is 29.3 Å². The summed E-state index contributed by atoms with van der Waals surface area (Å²) in [5.74, 6) is 0.923. The summed E-state index contributed by atoms with van der Waals surface area (Å²) in [4.78, 5) is 34.3. The Morgan fingerprint density at radius 3 is 2.41 bits per heavy atom. The van der Waals surface area contributed by atoms with Crippen molar-refractivity contribution in [1.29, 1.82) is 0 Å². The van der Waals surface area contributed by atoms with Gasteiger partial charge in [-0.1, -0.05) is 12.1 Å². The molecule has 27 heavy (non-hydrogen) atoms. The third-order valence-electron chi connectivity index (χ3n) is 6.21. The van der Waals surface area contributed by atoms with E-state index in [0.29, 0.717) is 5.91 Å². The molecule has 2 aromatic rings. The fourth-order valence-corrected chi connectivity index (χ4v) is 5.60. The smallest absolute Gasteiger partial charge is 0.226 e. The molecule has 5 rings (SSSR count). The number of rotatable bonds is 3. The van der Waals surface area contributed by atoms with E-state index < -0.39 is 0 Å². The number of likely N-dealkylation sites (tertiary alicyclic amines) is 2. The lowest BCUT2D eigenvalue weighted by Gasteiger charge is -2.34. The predicted molar refractivity (Wildman–Crippen MR) is 105 cm³/mol. The molecule has 3 heterocycles. The molecule has 1 aromatic carbocycles. The van der Waals surface area contributed by atoms with Gasteiger partial charge in [0, 0.05) is 31.5 Å². The quantitative estimate of drug-likeness (QED) is 0.814. The zero-order chi connectivity index (χ0) is 18.4. The number of piperidine rings is 1. The number of carbonyl (C=O) groups excluding carboxylic acids is 2. The first-order valence-corrected chi connectivity index (χ1v) is 11.0. The van der Waals surface area contributed by atoms with Crippen LogP contribution < -0.4 is 0 Å². The fraction of sp³-hybridized carbons (Fsp3) is 0.571. The minimum atomic E-state index is 0.0585. The summed E-state index contributed by atoms with van der Waals surface area (Å²) < 4.78 is 1.19. The number of hydrogen-bond acceptors (Lipinski definition) is 4. The Morgan fingerprint density at radius 2 is 1.67 bits per heavy atom. The summed E-state index contributed by atoms with van der Waals surface area (Å²) in [6, 6.07) is 8.33. The molecule has 142 valence electrons. The van der Waals surface area contributed by atoms with E-state index in [-0.39, 0.29) is 23.8 Å². The molecule has 0 radical (unpaired) electrons. The van der Waals surface area contributed by atoms with E-state index in [1.54, 1.807) is 11.3 Å². The summed E-state index contributed by atoms with van der Waals surface area (Å²) in [5.41, 5.74) is 1.03. The highest BCUT2D eigenvalue weighted by atomic mass is 32.1. The fourth-order valence-electron chi connectivity index (χ4n) is 4.49. The van der Waals surface area contributed by atoms with Crippen molar-refractivity contribution < 1.29 is 9.59 Å². The first-order chi connectivity index (χ1) is 13.2. The zero-order valence-corrected chi connectivity index (χ0v) is 16.3. The zero-order valence-electron chi connectivity index (χ0n) is 15.5. The highest BCUT2D eigenvalue weighted by Gasteiger charge is 2.39. The lowest BCUT2D eigenvalue weighted by Crippen LogP contribution is -2.44. The number of para-hydroxylation sites is 1. The Balaban J connectivity index is 1.27. The largest absolute Gasteiger partial charge is 0.342 e. The molecular weight excluding hydrogens is 358 g/mol. The lowest BCUT2D eigenvalue weighted by molar-refractivity contribution is -0.142. The Labute approximate surface area is 163 Å². The normalized spacial score (nSPS) is 23.9. The van der Waals surface area contributed by atoms with Crippen molar-refractivity contribution in [2.75, 3.05) is 19.6 Å². The Kier molecular flexibility index (Phi) is 4.38. The Hall–Kier alpha value is -1.95. The number of aromatic nitrogens is 1. The van der Waals surface area contributed by atoms with Gasteiger partial charge in [-0.25, -0.2) is 4.98 Å². The van der Waals surface area contributed by atoms with Crippen LogP contribution in [0, 0.1) is 11.8 Å². The standard InChI is InChI=1S/C21H25N3O2S/c25-20(14-7-8-14)23-12-9-15(10-13-23)21(26)24-11-3-5-17(24)19-22-16-4-1-2-6-18(16)27-19/h1-2,4,6,14-15,17H,3,5,7-13H2. The maximum Gasteiger partial charge on any atom is 0.226 e. The second-order valence-corrected chi connectivity index (χ2v) is 9.15. The van der Waals surface area contributed by atoms with Gasteiger partial charge in [-0.05, 0) is 50.7 Å². The van der Waals surface area contributed by atoms with Gasteiger partial charge < -0.3 is 9.80 Å². The van der Waals surface area contributed by atoms with Crippen LogP contribution in [-0.2, 0) is 9.59 Å². The van der Waals surface area contributed by atoms with E-state index in [9.17, 15) is 9.59 Å². The minimum Gasteiger partial charge on any atom is -0.342 e. The predicted octanol–water partition coefficient (Wildman–Crippen LogP) is 3.61. The van der Waals surface area contributed by atoms with Crippen LogP contribution in [0.15, 0.2) is 24.3 Å². The van der Waals surface area contributed by atoms with Crippen LogP contribution in [0.25, 0.3) is 10.2 Å². The van der Waals surface area contributed by atoms with Gasteiger partial charge in [0.05, 0.1) is 16.3 Å². The molecule has 6 heteroatoms. The third kappa shape index (κ3) is 3.24. The van der Waals surface area contributed by atoms with Crippen LogP contribution in [0.3, 0.4) is 0 Å². The highest BCUT2D eigenvalue weighted by molar-refractivity contribution is 7.18. The molecule has 1 unspecified atom stereocenters. The highest BCUT2D eigenvalue weighted by Crippen LogP contribution is 2.38. The summed E-state index contributed by atoms with van der Waals surface area (Å²) in [5, 5.41) is 1.07. The monoisotopic (exact) mass is 383 g/mol. The van der Waals surface area contributed by atoms with Crippen LogP contribution >= 0.6 is 11.3 Å². The van der Waals surface area contributed by atoms with Crippen molar-refractivity contribution >= 4 is 33.4 Å². The van der Waals surface area contributed by atoms with Crippen LogP contribution in [0.4, 0.5) is 0 Å². The molecule has 2 aliphatic heterocycles. The number of amides is 2. The molecule has 0 bridgehead atoms. The average molecular weight is 384 g/mol. The molecule has 5 nitrogen and oxygen atoms in total. The summed E-state index contributed by atoms with van der Waals surface area (Å²) >= 11 is 1.72. The number of thiazole rings is 1. The van der Waals surface area contributed by atoms with Gasteiger partial charge in [-0.3, -0.25) is 9.59 Å². The van der Waals surface area contributed by atoms with Crippen LogP contribution in [0.1, 0.15) is 49.6 Å². The second kappa shape index (κ2) is 6.89. The van der Waals surface area contributed by atoms with Crippen LogP contribution in [-0.4, -0.2) is 46.2 Å². The summed E-state index contributed by atoms with van der Waals surface area (Å²) in [6.45, 7) is 2.32. The van der Waals surface area contributed by atoms with Gasteiger partial charge in [0.2, 0.25) is 11.8 Å².